The van der Waals surface area contributed by atoms with Gasteiger partial charge in [-0.05, 0) is 18.4 Å². The van der Waals surface area contributed by atoms with Crippen LogP contribution in [0.5, 0.6) is 0 Å². The second-order valence-electron chi connectivity index (χ2n) is 7.09. The van der Waals surface area contributed by atoms with Gasteiger partial charge in [0.1, 0.15) is 0 Å². The fourth-order valence-corrected chi connectivity index (χ4v) is 3.41. The Hall–Kier alpha value is -0.710. The fraction of sp³-hybridized carbons (Fsp3) is 0.905. The number of carboxylic acid groups (broad SMARTS) is 1. The van der Waals surface area contributed by atoms with Crippen LogP contribution in [-0.2, 0) is 14.3 Å². The Morgan fingerprint density at radius 2 is 1.31 bits per heavy atom. The monoisotopic (exact) mass is 388 g/mol. The van der Waals surface area contributed by atoms with Gasteiger partial charge in [-0.1, -0.05) is 84.0 Å². The molecule has 1 N–H and O–H groups in total. The van der Waals surface area contributed by atoms with Crippen molar-refractivity contribution in [2.75, 3.05) is 12.0 Å². The van der Waals surface area contributed by atoms with Gasteiger partial charge in [0.2, 0.25) is 0 Å². The zero-order valence-corrected chi connectivity index (χ0v) is 17.8. The van der Waals surface area contributed by atoms with Crippen LogP contribution in [0.15, 0.2) is 0 Å². The number of carbonyl (C=O) groups is 2. The first-order chi connectivity index (χ1) is 12.6. The molecule has 0 aromatic rings. The molecule has 0 radical (unpaired) electrons. The van der Waals surface area contributed by atoms with Gasteiger partial charge in [-0.3, -0.25) is 4.79 Å². The Kier molecular flexibility index (Phi) is 18.5. The predicted molar refractivity (Wildman–Crippen MR) is 111 cm³/mol. The second-order valence-corrected chi connectivity index (χ2v) is 8.08. The first-order valence-electron chi connectivity index (χ1n) is 10.5. The smallest absolute Gasteiger partial charge is 0.345 e. The zero-order chi connectivity index (χ0) is 19.5. The van der Waals surface area contributed by atoms with Gasteiger partial charge in [0.25, 0.3) is 0 Å². The van der Waals surface area contributed by atoms with E-state index in [1.54, 1.807) is 11.8 Å². The molecular formula is C21H40O4S. The molecule has 1 unspecified atom stereocenters. The summed E-state index contributed by atoms with van der Waals surface area (Å²) >= 11 is 1.56. The standard InChI is InChI=1S/C21H40O4S/c1-3-4-5-6-7-8-9-10-11-12-13-14-15-16-20(22)25-19(21(23)24)17-18-26-2/h19H,3-18H2,1-2H3,(H,23,24). The van der Waals surface area contributed by atoms with Crippen LogP contribution in [0.3, 0.4) is 0 Å². The number of rotatable bonds is 19. The Morgan fingerprint density at radius 3 is 1.73 bits per heavy atom. The van der Waals surface area contributed by atoms with Gasteiger partial charge < -0.3 is 9.84 Å². The third kappa shape index (κ3) is 16.7. The van der Waals surface area contributed by atoms with Crippen LogP contribution in [-0.4, -0.2) is 35.2 Å². The van der Waals surface area contributed by atoms with Crippen LogP contribution < -0.4 is 0 Å². The van der Waals surface area contributed by atoms with Gasteiger partial charge in [0.15, 0.2) is 6.10 Å². The molecule has 0 heterocycles. The number of ether oxygens (including phenoxy) is 1. The lowest BCUT2D eigenvalue weighted by atomic mass is 10.0. The first kappa shape index (κ1) is 25.3. The summed E-state index contributed by atoms with van der Waals surface area (Å²) in [5, 5.41) is 9.05. The van der Waals surface area contributed by atoms with Gasteiger partial charge in [-0.25, -0.2) is 4.79 Å². The number of esters is 1. The molecule has 0 bridgehead atoms. The summed E-state index contributed by atoms with van der Waals surface area (Å²) in [6.45, 7) is 2.25. The van der Waals surface area contributed by atoms with Crippen molar-refractivity contribution in [3.63, 3.8) is 0 Å². The summed E-state index contributed by atoms with van der Waals surface area (Å²) in [5.41, 5.74) is 0. The SMILES string of the molecule is CCCCCCCCCCCCCCCC(=O)OC(CCSC)C(=O)O. The Morgan fingerprint density at radius 1 is 0.846 bits per heavy atom. The number of aliphatic carboxylic acids is 1. The minimum absolute atomic E-state index is 0.334. The van der Waals surface area contributed by atoms with E-state index in [1.807, 2.05) is 6.26 Å². The van der Waals surface area contributed by atoms with Gasteiger partial charge in [-0.15, -0.1) is 0 Å². The van der Waals surface area contributed by atoms with Gasteiger partial charge in [0, 0.05) is 12.8 Å². The van der Waals surface area contributed by atoms with E-state index in [1.165, 1.54) is 64.2 Å². The molecule has 0 rings (SSSR count). The zero-order valence-electron chi connectivity index (χ0n) is 17.0. The van der Waals surface area contributed by atoms with Crippen molar-refractivity contribution < 1.29 is 19.4 Å². The number of carbonyl (C=O) groups excluding carboxylic acids is 1. The van der Waals surface area contributed by atoms with E-state index in [4.69, 9.17) is 9.84 Å². The minimum Gasteiger partial charge on any atom is -0.479 e. The van der Waals surface area contributed by atoms with Gasteiger partial charge in [0.05, 0.1) is 0 Å². The molecular weight excluding hydrogens is 348 g/mol. The average Bonchev–Trinajstić information content (AvgIpc) is 2.62. The molecule has 0 aromatic carbocycles. The molecule has 0 aromatic heterocycles. The highest BCUT2D eigenvalue weighted by Crippen LogP contribution is 2.13. The van der Waals surface area contributed by atoms with Crippen LogP contribution in [0.2, 0.25) is 0 Å². The molecule has 0 fully saturated rings. The van der Waals surface area contributed by atoms with Crippen molar-refractivity contribution in [2.24, 2.45) is 0 Å². The van der Waals surface area contributed by atoms with Crippen molar-refractivity contribution >= 4 is 23.7 Å². The quantitative estimate of drug-likeness (QED) is 0.210. The van der Waals surface area contributed by atoms with Crippen LogP contribution in [0.25, 0.3) is 0 Å². The van der Waals surface area contributed by atoms with Crippen molar-refractivity contribution in [3.8, 4) is 0 Å². The van der Waals surface area contributed by atoms with Crippen LogP contribution in [0.1, 0.15) is 103 Å². The maximum absolute atomic E-state index is 11.7. The van der Waals surface area contributed by atoms with Crippen molar-refractivity contribution in [3.05, 3.63) is 0 Å². The third-order valence-electron chi connectivity index (χ3n) is 4.62. The van der Waals surface area contributed by atoms with Crippen molar-refractivity contribution in [1.29, 1.82) is 0 Å². The molecule has 154 valence electrons. The molecule has 0 aliphatic carbocycles. The maximum atomic E-state index is 11.7. The summed E-state index contributed by atoms with van der Waals surface area (Å²) < 4.78 is 5.07. The Labute approximate surface area is 164 Å². The fourth-order valence-electron chi connectivity index (χ4n) is 2.96. The van der Waals surface area contributed by atoms with E-state index in [0.29, 0.717) is 18.6 Å². The van der Waals surface area contributed by atoms with Crippen molar-refractivity contribution in [2.45, 2.75) is 109 Å². The highest BCUT2D eigenvalue weighted by Gasteiger charge is 2.21. The summed E-state index contributed by atoms with van der Waals surface area (Å²) in [6.07, 6.45) is 18.0. The van der Waals surface area contributed by atoms with E-state index in [0.717, 1.165) is 19.3 Å². The molecule has 0 aliphatic rings. The molecule has 5 heteroatoms. The van der Waals surface area contributed by atoms with Crippen molar-refractivity contribution in [1.82, 2.24) is 0 Å². The van der Waals surface area contributed by atoms with E-state index in [9.17, 15) is 9.59 Å². The highest BCUT2D eigenvalue weighted by atomic mass is 32.2. The van der Waals surface area contributed by atoms with Gasteiger partial charge >= 0.3 is 11.9 Å². The largest absolute Gasteiger partial charge is 0.479 e. The lowest BCUT2D eigenvalue weighted by Crippen LogP contribution is -2.27. The van der Waals surface area contributed by atoms with Crippen LogP contribution >= 0.6 is 11.8 Å². The molecule has 26 heavy (non-hydrogen) atoms. The number of carboxylic acids is 1. The number of hydrogen-bond acceptors (Lipinski definition) is 4. The average molecular weight is 389 g/mol. The summed E-state index contributed by atoms with van der Waals surface area (Å²) in [5.74, 6) is -0.734. The molecule has 0 spiro atoms. The third-order valence-corrected chi connectivity index (χ3v) is 5.26. The van der Waals surface area contributed by atoms with Crippen LogP contribution in [0.4, 0.5) is 0 Å². The molecule has 0 saturated carbocycles. The van der Waals surface area contributed by atoms with Crippen LogP contribution in [0, 0.1) is 0 Å². The number of thioether (sulfide) groups is 1. The highest BCUT2D eigenvalue weighted by molar-refractivity contribution is 7.98. The van der Waals surface area contributed by atoms with E-state index < -0.39 is 12.1 Å². The lowest BCUT2D eigenvalue weighted by Gasteiger charge is -2.13. The Balaban J connectivity index is 3.43. The second kappa shape index (κ2) is 19.1. The van der Waals surface area contributed by atoms with E-state index in [-0.39, 0.29) is 5.97 Å². The Bertz CT molecular complexity index is 347. The van der Waals surface area contributed by atoms with E-state index in [2.05, 4.69) is 6.92 Å². The first-order valence-corrected chi connectivity index (χ1v) is 11.9. The molecule has 0 amide bonds. The molecule has 0 aliphatic heterocycles. The number of unbranched alkanes of at least 4 members (excludes halogenated alkanes) is 12. The molecule has 0 saturated heterocycles. The van der Waals surface area contributed by atoms with E-state index >= 15 is 0 Å². The molecule has 4 nitrogen and oxygen atoms in total. The topological polar surface area (TPSA) is 63.6 Å². The minimum atomic E-state index is -1.04. The summed E-state index contributed by atoms with van der Waals surface area (Å²) in [4.78, 5) is 22.8. The summed E-state index contributed by atoms with van der Waals surface area (Å²) in [6, 6.07) is 0. The summed E-state index contributed by atoms with van der Waals surface area (Å²) in [7, 11) is 0. The van der Waals surface area contributed by atoms with Gasteiger partial charge in [-0.2, -0.15) is 11.8 Å². The molecule has 1 atom stereocenters. The predicted octanol–water partition coefficient (Wildman–Crippen LogP) is 6.22. The number of hydrogen-bond donors (Lipinski definition) is 1. The maximum Gasteiger partial charge on any atom is 0.345 e. The lowest BCUT2D eigenvalue weighted by molar-refractivity contribution is -0.164. The normalized spacial score (nSPS) is 12.1.